The Morgan fingerprint density at radius 2 is 1.56 bits per heavy atom. The average molecular weight is 149 g/mol. The van der Waals surface area contributed by atoms with Crippen molar-refractivity contribution in [3.8, 4) is 0 Å². The van der Waals surface area contributed by atoms with Gasteiger partial charge >= 0.3 is 0 Å². The molecule has 2 rings (SSSR count). The standard InChI is InChI=1S/C7H12O.ClH/c1-2-7-3-6(1)4-8-5-7;/h6-7H,1-5H2;1H. The zero-order chi connectivity index (χ0) is 5.40. The monoisotopic (exact) mass is 148 g/mol. The Morgan fingerprint density at radius 1 is 1.00 bits per heavy atom. The summed E-state index contributed by atoms with van der Waals surface area (Å²) in [5.74, 6) is 1.88. The first-order valence-corrected chi connectivity index (χ1v) is 3.53. The van der Waals surface area contributed by atoms with Crippen LogP contribution in [0.1, 0.15) is 19.3 Å². The lowest BCUT2D eigenvalue weighted by Gasteiger charge is -2.17. The van der Waals surface area contributed by atoms with Gasteiger partial charge in [-0.25, -0.2) is 0 Å². The molecular formula is C7H13ClO. The minimum Gasteiger partial charge on any atom is -0.381 e. The highest BCUT2D eigenvalue weighted by Crippen LogP contribution is 2.34. The summed E-state index contributed by atoms with van der Waals surface area (Å²) in [6, 6.07) is 0. The first kappa shape index (κ1) is 7.36. The van der Waals surface area contributed by atoms with Gasteiger partial charge in [-0.3, -0.25) is 0 Å². The van der Waals surface area contributed by atoms with Crippen LogP contribution in [0.5, 0.6) is 0 Å². The van der Waals surface area contributed by atoms with Crippen molar-refractivity contribution in [2.75, 3.05) is 13.2 Å². The second-order valence-electron chi connectivity index (χ2n) is 3.08. The minimum absolute atomic E-state index is 0. The molecule has 1 nitrogen and oxygen atoms in total. The Morgan fingerprint density at radius 3 is 2.00 bits per heavy atom. The quantitative estimate of drug-likeness (QED) is 0.510. The van der Waals surface area contributed by atoms with Gasteiger partial charge in [-0.15, -0.1) is 12.4 Å². The summed E-state index contributed by atoms with van der Waals surface area (Å²) in [7, 11) is 0. The second kappa shape index (κ2) is 2.89. The molecule has 1 aliphatic heterocycles. The zero-order valence-corrected chi connectivity index (χ0v) is 6.32. The Hall–Kier alpha value is 0.250. The molecule has 9 heavy (non-hydrogen) atoms. The van der Waals surface area contributed by atoms with Gasteiger partial charge in [0.2, 0.25) is 0 Å². The lowest BCUT2D eigenvalue weighted by atomic mass is 10.0. The van der Waals surface area contributed by atoms with Crippen LogP contribution in [0.15, 0.2) is 0 Å². The number of hydrogen-bond acceptors (Lipinski definition) is 1. The molecule has 2 heteroatoms. The first-order valence-electron chi connectivity index (χ1n) is 3.53. The zero-order valence-electron chi connectivity index (χ0n) is 5.51. The predicted molar refractivity (Wildman–Crippen MR) is 38.9 cm³/mol. The molecular weight excluding hydrogens is 136 g/mol. The summed E-state index contributed by atoms with van der Waals surface area (Å²) < 4.78 is 5.36. The van der Waals surface area contributed by atoms with E-state index in [4.69, 9.17) is 4.74 Å². The highest BCUT2D eigenvalue weighted by molar-refractivity contribution is 5.85. The van der Waals surface area contributed by atoms with Crippen molar-refractivity contribution in [2.24, 2.45) is 11.8 Å². The van der Waals surface area contributed by atoms with Crippen LogP contribution in [-0.2, 0) is 4.74 Å². The summed E-state index contributed by atoms with van der Waals surface area (Å²) in [6.07, 6.45) is 4.33. The summed E-state index contributed by atoms with van der Waals surface area (Å²) in [4.78, 5) is 0. The van der Waals surface area contributed by atoms with Crippen LogP contribution in [0.3, 0.4) is 0 Å². The van der Waals surface area contributed by atoms with Gasteiger partial charge < -0.3 is 4.74 Å². The third-order valence-electron chi connectivity index (χ3n) is 2.36. The van der Waals surface area contributed by atoms with Crippen molar-refractivity contribution in [1.29, 1.82) is 0 Å². The summed E-state index contributed by atoms with van der Waals surface area (Å²) in [5.41, 5.74) is 0. The largest absolute Gasteiger partial charge is 0.381 e. The van der Waals surface area contributed by atoms with E-state index in [1.807, 2.05) is 0 Å². The summed E-state index contributed by atoms with van der Waals surface area (Å²) >= 11 is 0. The van der Waals surface area contributed by atoms with Crippen molar-refractivity contribution in [3.63, 3.8) is 0 Å². The first-order chi connectivity index (χ1) is 3.95. The third kappa shape index (κ3) is 1.39. The van der Waals surface area contributed by atoms with E-state index in [-0.39, 0.29) is 12.4 Å². The van der Waals surface area contributed by atoms with Crippen LogP contribution in [0.2, 0.25) is 0 Å². The molecule has 0 aromatic rings. The number of hydrogen-bond donors (Lipinski definition) is 0. The maximum atomic E-state index is 5.36. The van der Waals surface area contributed by atoms with E-state index < -0.39 is 0 Å². The Labute approximate surface area is 62.2 Å². The van der Waals surface area contributed by atoms with E-state index in [9.17, 15) is 0 Å². The lowest BCUT2D eigenvalue weighted by molar-refractivity contribution is 0.0477. The Balaban J connectivity index is 0.000000405. The molecule has 0 radical (unpaired) electrons. The van der Waals surface area contributed by atoms with Gasteiger partial charge in [0.1, 0.15) is 0 Å². The topological polar surface area (TPSA) is 9.23 Å². The molecule has 0 spiro atoms. The van der Waals surface area contributed by atoms with Crippen LogP contribution in [-0.4, -0.2) is 13.2 Å². The van der Waals surface area contributed by atoms with Crippen molar-refractivity contribution < 1.29 is 4.74 Å². The fraction of sp³-hybridized carbons (Fsp3) is 1.00. The SMILES string of the molecule is C1CC2COCC1C2.Cl. The van der Waals surface area contributed by atoms with E-state index in [0.717, 1.165) is 25.0 Å². The van der Waals surface area contributed by atoms with Gasteiger partial charge in [0, 0.05) is 13.2 Å². The van der Waals surface area contributed by atoms with Gasteiger partial charge in [-0.2, -0.15) is 0 Å². The maximum absolute atomic E-state index is 5.36. The molecule has 2 atom stereocenters. The fourth-order valence-corrected chi connectivity index (χ4v) is 1.88. The Bertz CT molecular complexity index is 80.9. The smallest absolute Gasteiger partial charge is 0.0494 e. The number of rotatable bonds is 0. The van der Waals surface area contributed by atoms with Crippen LogP contribution in [0.4, 0.5) is 0 Å². The Kier molecular flexibility index (Phi) is 2.36. The molecule has 1 saturated carbocycles. The van der Waals surface area contributed by atoms with Gasteiger partial charge in [0.05, 0.1) is 0 Å². The lowest BCUT2D eigenvalue weighted by Crippen LogP contribution is -2.16. The van der Waals surface area contributed by atoms with Gasteiger partial charge in [0.15, 0.2) is 0 Å². The van der Waals surface area contributed by atoms with Crippen molar-refractivity contribution >= 4 is 12.4 Å². The molecule has 0 aromatic carbocycles. The molecule has 2 unspecified atom stereocenters. The van der Waals surface area contributed by atoms with Gasteiger partial charge in [-0.1, -0.05) is 0 Å². The molecule has 0 aromatic heterocycles. The van der Waals surface area contributed by atoms with E-state index in [0.29, 0.717) is 0 Å². The van der Waals surface area contributed by atoms with Crippen molar-refractivity contribution in [1.82, 2.24) is 0 Å². The minimum atomic E-state index is 0. The van der Waals surface area contributed by atoms with E-state index in [2.05, 4.69) is 0 Å². The predicted octanol–water partition coefficient (Wildman–Crippen LogP) is 1.85. The number of ether oxygens (including phenoxy) is 1. The fourth-order valence-electron chi connectivity index (χ4n) is 1.88. The van der Waals surface area contributed by atoms with Crippen molar-refractivity contribution in [2.45, 2.75) is 19.3 Å². The maximum Gasteiger partial charge on any atom is 0.0494 e. The van der Waals surface area contributed by atoms with E-state index in [1.54, 1.807) is 0 Å². The molecule has 1 heterocycles. The highest BCUT2D eigenvalue weighted by atomic mass is 35.5. The molecule has 54 valence electrons. The average Bonchev–Trinajstić information content (AvgIpc) is 2.12. The molecule has 2 fully saturated rings. The van der Waals surface area contributed by atoms with E-state index >= 15 is 0 Å². The number of fused-ring (bicyclic) bond motifs is 2. The van der Waals surface area contributed by atoms with Crippen LogP contribution in [0, 0.1) is 11.8 Å². The van der Waals surface area contributed by atoms with Crippen molar-refractivity contribution in [3.05, 3.63) is 0 Å². The van der Waals surface area contributed by atoms with E-state index in [1.165, 1.54) is 19.3 Å². The normalized spacial score (nSPS) is 40.0. The molecule has 2 aliphatic rings. The van der Waals surface area contributed by atoms with Crippen LogP contribution in [0.25, 0.3) is 0 Å². The molecule has 0 N–H and O–H groups in total. The molecule has 2 bridgehead atoms. The highest BCUT2D eigenvalue weighted by Gasteiger charge is 2.28. The van der Waals surface area contributed by atoms with Gasteiger partial charge in [-0.05, 0) is 31.1 Å². The number of halogens is 1. The summed E-state index contributed by atoms with van der Waals surface area (Å²) in [6.45, 7) is 2.10. The molecule has 0 amide bonds. The molecule has 1 aliphatic carbocycles. The van der Waals surface area contributed by atoms with Gasteiger partial charge in [0.25, 0.3) is 0 Å². The summed E-state index contributed by atoms with van der Waals surface area (Å²) in [5, 5.41) is 0. The molecule has 1 saturated heterocycles. The van der Waals surface area contributed by atoms with Crippen LogP contribution < -0.4 is 0 Å². The van der Waals surface area contributed by atoms with Crippen LogP contribution >= 0.6 is 12.4 Å². The second-order valence-corrected chi connectivity index (χ2v) is 3.08. The third-order valence-corrected chi connectivity index (χ3v) is 2.36.